The standard InChI is InChI=1S/C10H26N2Si2/c1-9(2)11-13(5,6)12(10(3)4)14(11,7)8/h9-10H,1-8H3. The van der Waals surface area contributed by atoms with Gasteiger partial charge in [-0.1, -0.05) is 27.7 Å². The highest BCUT2D eigenvalue weighted by atomic mass is 28.5. The summed E-state index contributed by atoms with van der Waals surface area (Å²) >= 11 is 0. The van der Waals surface area contributed by atoms with Crippen LogP contribution in [-0.2, 0) is 0 Å². The van der Waals surface area contributed by atoms with E-state index in [1.165, 1.54) is 0 Å². The molecule has 14 heavy (non-hydrogen) atoms. The van der Waals surface area contributed by atoms with Crippen molar-refractivity contribution in [2.75, 3.05) is 0 Å². The predicted molar refractivity (Wildman–Crippen MR) is 68.9 cm³/mol. The van der Waals surface area contributed by atoms with E-state index < -0.39 is 16.8 Å². The molecule has 0 bridgehead atoms. The van der Waals surface area contributed by atoms with E-state index in [9.17, 15) is 0 Å². The lowest BCUT2D eigenvalue weighted by Gasteiger charge is -2.70. The quantitative estimate of drug-likeness (QED) is 0.673. The SMILES string of the molecule is CC(C)N1[Si](C)(C)N(C(C)C)[Si]1(C)C. The van der Waals surface area contributed by atoms with Gasteiger partial charge in [-0.2, -0.15) is 0 Å². The molecule has 1 fully saturated rings. The zero-order valence-corrected chi connectivity index (χ0v) is 13.0. The molecule has 2 nitrogen and oxygen atoms in total. The van der Waals surface area contributed by atoms with Gasteiger partial charge in [0.2, 0.25) is 0 Å². The summed E-state index contributed by atoms with van der Waals surface area (Å²) in [6.45, 7) is 19.4. The molecule has 0 aromatic carbocycles. The Labute approximate surface area is 91.6 Å². The van der Waals surface area contributed by atoms with Gasteiger partial charge in [0.1, 0.15) is 0 Å². The van der Waals surface area contributed by atoms with Crippen molar-refractivity contribution in [3.63, 3.8) is 0 Å². The Balaban J connectivity index is 2.95. The van der Waals surface area contributed by atoms with Crippen LogP contribution in [0.4, 0.5) is 0 Å². The lowest BCUT2D eigenvalue weighted by atomic mass is 10.4. The molecule has 0 radical (unpaired) electrons. The molecule has 0 aliphatic carbocycles. The maximum absolute atomic E-state index is 2.86. The Morgan fingerprint density at radius 2 is 0.857 bits per heavy atom. The molecule has 0 saturated carbocycles. The molecule has 4 heteroatoms. The Bertz CT molecular complexity index is 188. The van der Waals surface area contributed by atoms with Crippen molar-refractivity contribution >= 4 is 16.8 Å². The molecule has 0 N–H and O–H groups in total. The molecule has 0 aromatic heterocycles. The second-order valence-electron chi connectivity index (χ2n) is 5.92. The third kappa shape index (κ3) is 1.52. The maximum atomic E-state index is 2.86. The zero-order valence-electron chi connectivity index (χ0n) is 11.0. The number of nitrogens with zero attached hydrogens (tertiary/aromatic N) is 2. The van der Waals surface area contributed by atoms with Gasteiger partial charge in [0.25, 0.3) is 0 Å². The Kier molecular flexibility index (Phi) is 3.05. The smallest absolute Gasteiger partial charge is 0.189 e. The summed E-state index contributed by atoms with van der Waals surface area (Å²) in [6.07, 6.45) is 0. The molecular formula is C10H26N2Si2. The van der Waals surface area contributed by atoms with Crippen molar-refractivity contribution in [3.8, 4) is 0 Å². The van der Waals surface area contributed by atoms with Crippen molar-refractivity contribution in [2.24, 2.45) is 0 Å². The predicted octanol–water partition coefficient (Wildman–Crippen LogP) is 2.82. The third-order valence-electron chi connectivity index (χ3n) is 3.39. The largest absolute Gasteiger partial charge is 0.320 e. The highest BCUT2D eigenvalue weighted by molar-refractivity contribution is 7.03. The lowest BCUT2D eigenvalue weighted by Crippen LogP contribution is -2.91. The van der Waals surface area contributed by atoms with E-state index in [4.69, 9.17) is 0 Å². The van der Waals surface area contributed by atoms with Crippen LogP contribution in [0.25, 0.3) is 0 Å². The van der Waals surface area contributed by atoms with Crippen LogP contribution >= 0.6 is 0 Å². The summed E-state index contributed by atoms with van der Waals surface area (Å²) in [5.41, 5.74) is 0. The second kappa shape index (κ2) is 3.44. The third-order valence-corrected chi connectivity index (χ3v) is 16.7. The van der Waals surface area contributed by atoms with Crippen molar-refractivity contribution in [1.29, 1.82) is 0 Å². The van der Waals surface area contributed by atoms with Crippen LogP contribution in [0.2, 0.25) is 26.2 Å². The van der Waals surface area contributed by atoms with E-state index in [1.807, 2.05) is 0 Å². The first kappa shape index (κ1) is 12.4. The first-order chi connectivity index (χ1) is 6.13. The minimum absolute atomic E-state index is 0.730. The van der Waals surface area contributed by atoms with Gasteiger partial charge in [0, 0.05) is 0 Å². The van der Waals surface area contributed by atoms with Gasteiger partial charge >= 0.3 is 0 Å². The van der Waals surface area contributed by atoms with Gasteiger partial charge in [-0.25, -0.2) is 0 Å². The topological polar surface area (TPSA) is 6.48 Å². The molecule has 1 aliphatic heterocycles. The van der Waals surface area contributed by atoms with Crippen LogP contribution < -0.4 is 0 Å². The van der Waals surface area contributed by atoms with E-state index in [0.29, 0.717) is 0 Å². The van der Waals surface area contributed by atoms with Crippen molar-refractivity contribution in [2.45, 2.75) is 66.0 Å². The van der Waals surface area contributed by atoms with Crippen molar-refractivity contribution < 1.29 is 0 Å². The summed E-state index contributed by atoms with van der Waals surface area (Å²) in [7, 11) is -2.49. The fraction of sp³-hybridized carbons (Fsp3) is 1.00. The lowest BCUT2D eigenvalue weighted by molar-refractivity contribution is 0.311. The number of hydrogen-bond donors (Lipinski definition) is 0. The number of hydrogen-bond acceptors (Lipinski definition) is 2. The van der Waals surface area contributed by atoms with Gasteiger partial charge in [0.15, 0.2) is 16.8 Å². The summed E-state index contributed by atoms with van der Waals surface area (Å²) in [5.74, 6) is 0. The highest BCUT2D eigenvalue weighted by Gasteiger charge is 2.62. The van der Waals surface area contributed by atoms with E-state index in [-0.39, 0.29) is 0 Å². The van der Waals surface area contributed by atoms with Crippen LogP contribution in [-0.4, -0.2) is 37.3 Å². The van der Waals surface area contributed by atoms with E-state index in [1.54, 1.807) is 0 Å². The Morgan fingerprint density at radius 1 is 0.643 bits per heavy atom. The molecular weight excluding hydrogens is 204 g/mol. The van der Waals surface area contributed by atoms with Crippen molar-refractivity contribution in [3.05, 3.63) is 0 Å². The first-order valence-corrected chi connectivity index (χ1v) is 11.5. The fourth-order valence-electron chi connectivity index (χ4n) is 4.05. The average molecular weight is 231 g/mol. The molecule has 0 unspecified atom stereocenters. The number of rotatable bonds is 2. The monoisotopic (exact) mass is 230 g/mol. The second-order valence-corrected chi connectivity index (χ2v) is 14.7. The van der Waals surface area contributed by atoms with Gasteiger partial charge in [-0.3, -0.25) is 0 Å². The maximum Gasteiger partial charge on any atom is 0.189 e. The van der Waals surface area contributed by atoms with Gasteiger partial charge < -0.3 is 8.46 Å². The molecule has 0 amide bonds. The molecule has 84 valence electrons. The first-order valence-electron chi connectivity index (χ1n) is 5.72. The van der Waals surface area contributed by atoms with Crippen LogP contribution in [0.5, 0.6) is 0 Å². The molecule has 0 atom stereocenters. The molecule has 1 rings (SSSR count). The van der Waals surface area contributed by atoms with Crippen LogP contribution in [0.15, 0.2) is 0 Å². The van der Waals surface area contributed by atoms with E-state index in [2.05, 4.69) is 62.3 Å². The van der Waals surface area contributed by atoms with E-state index >= 15 is 0 Å². The van der Waals surface area contributed by atoms with Gasteiger partial charge in [-0.15, -0.1) is 0 Å². The van der Waals surface area contributed by atoms with Crippen LogP contribution in [0.3, 0.4) is 0 Å². The molecule has 0 aromatic rings. The van der Waals surface area contributed by atoms with Crippen LogP contribution in [0, 0.1) is 0 Å². The molecule has 1 saturated heterocycles. The van der Waals surface area contributed by atoms with Crippen LogP contribution in [0.1, 0.15) is 27.7 Å². The summed E-state index contributed by atoms with van der Waals surface area (Å²) < 4.78 is 5.72. The summed E-state index contributed by atoms with van der Waals surface area (Å²) in [5, 5.41) is 0. The minimum Gasteiger partial charge on any atom is -0.320 e. The van der Waals surface area contributed by atoms with Crippen molar-refractivity contribution in [1.82, 2.24) is 8.46 Å². The van der Waals surface area contributed by atoms with Gasteiger partial charge in [0.05, 0.1) is 0 Å². The normalized spacial score (nSPS) is 27.0. The zero-order chi connectivity index (χ0) is 11.3. The molecule has 0 spiro atoms. The molecule has 1 heterocycles. The highest BCUT2D eigenvalue weighted by Crippen LogP contribution is 2.41. The summed E-state index contributed by atoms with van der Waals surface area (Å²) in [4.78, 5) is 0. The average Bonchev–Trinajstić information content (AvgIpc) is 1.77. The fourth-order valence-corrected chi connectivity index (χ4v) is 20.9. The van der Waals surface area contributed by atoms with Gasteiger partial charge in [-0.05, 0) is 38.3 Å². The Hall–Kier alpha value is 0.354. The van der Waals surface area contributed by atoms with E-state index in [0.717, 1.165) is 12.1 Å². The summed E-state index contributed by atoms with van der Waals surface area (Å²) in [6, 6.07) is 1.46. The minimum atomic E-state index is -1.24. The Morgan fingerprint density at radius 3 is 1.00 bits per heavy atom. The molecule has 1 aliphatic rings.